The van der Waals surface area contributed by atoms with Gasteiger partial charge in [-0.3, -0.25) is 9.59 Å². The molecule has 1 N–H and O–H groups in total. The van der Waals surface area contributed by atoms with Gasteiger partial charge in [0.2, 0.25) is 5.91 Å². The van der Waals surface area contributed by atoms with Crippen LogP contribution in [0.2, 0.25) is 0 Å². The molecule has 0 atom stereocenters. The second kappa shape index (κ2) is 8.25. The SMILES string of the molecule is COc1cc2cc(CCC(=O)N3CCCCCC3)c(=O)[nH]c2cc1OC. The first-order valence-electron chi connectivity index (χ1n) is 9.18. The van der Waals surface area contributed by atoms with E-state index in [-0.39, 0.29) is 11.5 Å². The summed E-state index contributed by atoms with van der Waals surface area (Å²) in [4.78, 5) is 29.7. The van der Waals surface area contributed by atoms with Gasteiger partial charge in [-0.05, 0) is 31.4 Å². The van der Waals surface area contributed by atoms with Crippen LogP contribution >= 0.6 is 0 Å². The largest absolute Gasteiger partial charge is 0.493 e. The standard InChI is InChI=1S/C20H26N2O4/c1-25-17-12-15-11-14(20(24)21-16(15)13-18(17)26-2)7-8-19(23)22-9-5-3-4-6-10-22/h11-13H,3-10H2,1-2H3,(H,21,24). The van der Waals surface area contributed by atoms with E-state index in [1.54, 1.807) is 20.3 Å². The quantitative estimate of drug-likeness (QED) is 0.892. The van der Waals surface area contributed by atoms with Gasteiger partial charge in [0.25, 0.3) is 5.56 Å². The number of hydrogen-bond acceptors (Lipinski definition) is 4. The van der Waals surface area contributed by atoms with Gasteiger partial charge in [-0.25, -0.2) is 0 Å². The van der Waals surface area contributed by atoms with E-state index in [1.165, 1.54) is 12.8 Å². The molecule has 1 aromatic heterocycles. The van der Waals surface area contributed by atoms with Crippen molar-refractivity contribution in [1.29, 1.82) is 0 Å². The smallest absolute Gasteiger partial charge is 0.251 e. The van der Waals surface area contributed by atoms with E-state index < -0.39 is 0 Å². The molecule has 2 heterocycles. The molecule has 1 aliphatic heterocycles. The molecular weight excluding hydrogens is 332 g/mol. The van der Waals surface area contributed by atoms with E-state index in [4.69, 9.17) is 9.47 Å². The summed E-state index contributed by atoms with van der Waals surface area (Å²) in [5, 5.41) is 0.861. The Morgan fingerprint density at radius 2 is 1.69 bits per heavy atom. The normalized spacial score (nSPS) is 14.9. The molecule has 26 heavy (non-hydrogen) atoms. The van der Waals surface area contributed by atoms with Crippen LogP contribution in [0.15, 0.2) is 23.0 Å². The molecule has 0 saturated carbocycles. The number of amides is 1. The molecule has 0 spiro atoms. The fourth-order valence-electron chi connectivity index (χ4n) is 3.48. The third-order valence-electron chi connectivity index (χ3n) is 4.99. The predicted molar refractivity (Wildman–Crippen MR) is 101 cm³/mol. The molecule has 0 bridgehead atoms. The molecule has 0 aliphatic carbocycles. The van der Waals surface area contributed by atoms with Gasteiger partial charge in [0.05, 0.1) is 19.7 Å². The lowest BCUT2D eigenvalue weighted by Crippen LogP contribution is -2.32. The first-order valence-corrected chi connectivity index (χ1v) is 9.18. The molecule has 6 nitrogen and oxygen atoms in total. The summed E-state index contributed by atoms with van der Waals surface area (Å²) in [6.45, 7) is 1.67. The number of aryl methyl sites for hydroxylation is 1. The lowest BCUT2D eigenvalue weighted by Gasteiger charge is -2.20. The molecule has 3 rings (SSSR count). The van der Waals surface area contributed by atoms with Crippen LogP contribution < -0.4 is 15.0 Å². The van der Waals surface area contributed by atoms with Crippen LogP contribution in [0.3, 0.4) is 0 Å². The summed E-state index contributed by atoms with van der Waals surface area (Å²) in [5.41, 5.74) is 1.15. The van der Waals surface area contributed by atoms with Gasteiger partial charge in [0, 0.05) is 36.5 Å². The van der Waals surface area contributed by atoms with Gasteiger partial charge >= 0.3 is 0 Å². The Hall–Kier alpha value is -2.50. The van der Waals surface area contributed by atoms with E-state index in [1.807, 2.05) is 17.0 Å². The Balaban J connectivity index is 1.78. The van der Waals surface area contributed by atoms with Crippen LogP contribution in [0.25, 0.3) is 10.9 Å². The first kappa shape index (κ1) is 18.3. The van der Waals surface area contributed by atoms with Crippen molar-refractivity contribution in [2.45, 2.75) is 38.5 Å². The number of methoxy groups -OCH3 is 2. The van der Waals surface area contributed by atoms with Crippen molar-refractivity contribution in [1.82, 2.24) is 9.88 Å². The number of ether oxygens (including phenoxy) is 2. The van der Waals surface area contributed by atoms with Gasteiger partial charge in [0.15, 0.2) is 11.5 Å². The van der Waals surface area contributed by atoms with Crippen LogP contribution in [0.1, 0.15) is 37.7 Å². The second-order valence-corrected chi connectivity index (χ2v) is 6.71. The molecule has 1 amide bonds. The molecule has 6 heteroatoms. The number of rotatable bonds is 5. The topological polar surface area (TPSA) is 71.6 Å². The minimum absolute atomic E-state index is 0.138. The fraction of sp³-hybridized carbons (Fsp3) is 0.500. The number of aromatic nitrogens is 1. The zero-order valence-corrected chi connectivity index (χ0v) is 15.5. The third kappa shape index (κ3) is 4.00. The molecule has 1 saturated heterocycles. The molecular formula is C20H26N2O4. The van der Waals surface area contributed by atoms with E-state index in [0.717, 1.165) is 31.3 Å². The van der Waals surface area contributed by atoms with E-state index in [9.17, 15) is 9.59 Å². The van der Waals surface area contributed by atoms with Crippen molar-refractivity contribution in [2.75, 3.05) is 27.3 Å². The summed E-state index contributed by atoms with van der Waals surface area (Å²) < 4.78 is 10.6. The average molecular weight is 358 g/mol. The van der Waals surface area contributed by atoms with Crippen molar-refractivity contribution in [2.24, 2.45) is 0 Å². The number of fused-ring (bicyclic) bond motifs is 1. The third-order valence-corrected chi connectivity index (χ3v) is 4.99. The lowest BCUT2D eigenvalue weighted by atomic mass is 10.1. The number of nitrogens with one attached hydrogen (secondary N) is 1. The number of nitrogens with zero attached hydrogens (tertiary/aromatic N) is 1. The molecule has 1 aromatic carbocycles. The minimum atomic E-state index is -0.159. The summed E-state index contributed by atoms with van der Waals surface area (Å²) >= 11 is 0. The van der Waals surface area contributed by atoms with Crippen LogP contribution in [-0.2, 0) is 11.2 Å². The highest BCUT2D eigenvalue weighted by molar-refractivity contribution is 5.83. The summed E-state index contributed by atoms with van der Waals surface area (Å²) in [5.74, 6) is 1.32. The zero-order valence-electron chi connectivity index (χ0n) is 15.5. The molecule has 1 fully saturated rings. The van der Waals surface area contributed by atoms with Crippen molar-refractivity contribution in [3.05, 3.63) is 34.1 Å². The molecule has 1 aliphatic rings. The fourth-order valence-corrected chi connectivity index (χ4v) is 3.48. The van der Waals surface area contributed by atoms with Crippen molar-refractivity contribution in [3.8, 4) is 11.5 Å². The minimum Gasteiger partial charge on any atom is -0.493 e. The lowest BCUT2D eigenvalue weighted by molar-refractivity contribution is -0.131. The van der Waals surface area contributed by atoms with Gasteiger partial charge in [-0.2, -0.15) is 0 Å². The average Bonchev–Trinajstić information content (AvgIpc) is 2.94. The number of aromatic amines is 1. The number of carbonyl (C=O) groups excluding carboxylic acids is 1. The molecule has 140 valence electrons. The van der Waals surface area contributed by atoms with Crippen LogP contribution in [0.5, 0.6) is 11.5 Å². The van der Waals surface area contributed by atoms with Crippen molar-refractivity contribution in [3.63, 3.8) is 0 Å². The number of hydrogen-bond donors (Lipinski definition) is 1. The van der Waals surface area contributed by atoms with E-state index in [2.05, 4.69) is 4.98 Å². The summed E-state index contributed by atoms with van der Waals surface area (Å²) in [7, 11) is 3.14. The molecule has 2 aromatic rings. The highest BCUT2D eigenvalue weighted by Gasteiger charge is 2.16. The van der Waals surface area contributed by atoms with Gasteiger partial charge in [-0.15, -0.1) is 0 Å². The highest BCUT2D eigenvalue weighted by atomic mass is 16.5. The van der Waals surface area contributed by atoms with Crippen LogP contribution in [0, 0.1) is 0 Å². The van der Waals surface area contributed by atoms with Gasteiger partial charge < -0.3 is 19.4 Å². The molecule has 0 unspecified atom stereocenters. The van der Waals surface area contributed by atoms with Gasteiger partial charge in [-0.1, -0.05) is 12.8 Å². The van der Waals surface area contributed by atoms with E-state index >= 15 is 0 Å². The second-order valence-electron chi connectivity index (χ2n) is 6.71. The Morgan fingerprint density at radius 3 is 2.35 bits per heavy atom. The first-order chi connectivity index (χ1) is 12.6. The maximum absolute atomic E-state index is 12.5. The summed E-state index contributed by atoms with van der Waals surface area (Å²) in [6.07, 6.45) is 5.34. The Labute approximate surface area is 153 Å². The highest BCUT2D eigenvalue weighted by Crippen LogP contribution is 2.31. The van der Waals surface area contributed by atoms with Gasteiger partial charge in [0.1, 0.15) is 0 Å². The number of H-pyrrole nitrogens is 1. The van der Waals surface area contributed by atoms with Crippen LogP contribution in [-0.4, -0.2) is 43.1 Å². The zero-order chi connectivity index (χ0) is 18.5. The molecule has 0 radical (unpaired) electrons. The maximum Gasteiger partial charge on any atom is 0.251 e. The summed E-state index contributed by atoms with van der Waals surface area (Å²) in [6, 6.07) is 5.43. The Morgan fingerprint density at radius 1 is 1.04 bits per heavy atom. The Bertz CT molecular complexity index is 836. The van der Waals surface area contributed by atoms with Crippen molar-refractivity contribution >= 4 is 16.8 Å². The van der Waals surface area contributed by atoms with Crippen LogP contribution in [0.4, 0.5) is 0 Å². The number of benzene rings is 1. The Kier molecular flexibility index (Phi) is 5.81. The van der Waals surface area contributed by atoms with E-state index in [0.29, 0.717) is 35.4 Å². The number of pyridine rings is 1. The number of likely N-dealkylation sites (tertiary alicyclic amines) is 1. The predicted octanol–water partition coefficient (Wildman–Crippen LogP) is 2.88. The monoisotopic (exact) mass is 358 g/mol. The number of carbonyl (C=O) groups is 1. The van der Waals surface area contributed by atoms with Crippen molar-refractivity contribution < 1.29 is 14.3 Å². The maximum atomic E-state index is 12.5.